The average molecular weight is 288 g/mol. The van der Waals surface area contributed by atoms with Crippen molar-refractivity contribution in [3.8, 4) is 0 Å². The van der Waals surface area contributed by atoms with Crippen LogP contribution < -0.4 is 5.32 Å². The van der Waals surface area contributed by atoms with Crippen LogP contribution in [0.4, 0.5) is 4.79 Å². The molecule has 2 amide bonds. The van der Waals surface area contributed by atoms with E-state index in [2.05, 4.69) is 5.32 Å². The Morgan fingerprint density at radius 3 is 2.47 bits per heavy atom. The van der Waals surface area contributed by atoms with Gasteiger partial charge in [0, 0.05) is 19.6 Å². The molecule has 1 fully saturated rings. The van der Waals surface area contributed by atoms with Gasteiger partial charge < -0.3 is 15.3 Å². The van der Waals surface area contributed by atoms with Crippen molar-refractivity contribution < 1.29 is 14.7 Å². The van der Waals surface area contributed by atoms with Crippen molar-refractivity contribution in [2.45, 2.75) is 32.6 Å². The van der Waals surface area contributed by atoms with E-state index in [9.17, 15) is 14.7 Å². The molecule has 0 unspecified atom stereocenters. The maximum absolute atomic E-state index is 11.9. The zero-order chi connectivity index (χ0) is 14.3. The van der Waals surface area contributed by atoms with Crippen molar-refractivity contribution in [2.24, 2.45) is 5.41 Å². The lowest BCUT2D eigenvalue weighted by Crippen LogP contribution is -2.49. The highest BCUT2D eigenvalue weighted by molar-refractivity contribution is 7.98. The third-order valence-corrected chi connectivity index (χ3v) is 4.64. The molecular weight excluding hydrogens is 264 g/mol. The molecule has 0 aromatic heterocycles. The number of nitrogens with one attached hydrogen (secondary N) is 1. The van der Waals surface area contributed by atoms with Crippen molar-refractivity contribution >= 4 is 23.8 Å². The second-order valence-electron chi connectivity index (χ2n) is 5.00. The van der Waals surface area contributed by atoms with Crippen molar-refractivity contribution in [1.29, 1.82) is 0 Å². The molecule has 0 aromatic rings. The van der Waals surface area contributed by atoms with E-state index in [0.29, 0.717) is 38.9 Å². The fourth-order valence-corrected chi connectivity index (χ4v) is 2.81. The molecule has 6 heteroatoms. The molecule has 0 aliphatic carbocycles. The van der Waals surface area contributed by atoms with E-state index in [4.69, 9.17) is 0 Å². The number of hydrogen-bond donors (Lipinski definition) is 2. The van der Waals surface area contributed by atoms with Crippen LogP contribution in [0, 0.1) is 5.41 Å². The molecular formula is C13H24N2O3S. The van der Waals surface area contributed by atoms with Gasteiger partial charge in [0.2, 0.25) is 0 Å². The smallest absolute Gasteiger partial charge is 0.317 e. The molecule has 1 rings (SSSR count). The first-order chi connectivity index (χ1) is 9.05. The summed E-state index contributed by atoms with van der Waals surface area (Å²) in [6, 6.07) is -0.0591. The Morgan fingerprint density at radius 1 is 1.37 bits per heavy atom. The van der Waals surface area contributed by atoms with Gasteiger partial charge in [-0.05, 0) is 37.7 Å². The monoisotopic (exact) mass is 288 g/mol. The van der Waals surface area contributed by atoms with Gasteiger partial charge in [0.25, 0.3) is 0 Å². The third-order valence-electron chi connectivity index (χ3n) is 3.94. The van der Waals surface area contributed by atoms with Crippen molar-refractivity contribution in [2.75, 3.05) is 31.6 Å². The van der Waals surface area contributed by atoms with Gasteiger partial charge >= 0.3 is 12.0 Å². The summed E-state index contributed by atoms with van der Waals surface area (Å²) in [6.07, 6.45) is 4.75. The van der Waals surface area contributed by atoms with Gasteiger partial charge in [0.1, 0.15) is 0 Å². The standard InChI is InChI=1S/C13H24N2O3S/c1-3-13(11(16)17)5-8-15(9-6-13)12(18)14-7-4-10-19-2/h3-10H2,1-2H3,(H,14,18)(H,16,17). The van der Waals surface area contributed by atoms with Crippen LogP contribution in [0.15, 0.2) is 0 Å². The molecule has 0 spiro atoms. The second-order valence-corrected chi connectivity index (χ2v) is 5.99. The van der Waals surface area contributed by atoms with E-state index in [-0.39, 0.29) is 6.03 Å². The van der Waals surface area contributed by atoms with Gasteiger partial charge in [-0.15, -0.1) is 0 Å². The molecule has 110 valence electrons. The minimum absolute atomic E-state index is 0.0591. The number of likely N-dealkylation sites (tertiary alicyclic amines) is 1. The number of carbonyl (C=O) groups is 2. The van der Waals surface area contributed by atoms with Crippen LogP contribution in [0.1, 0.15) is 32.6 Å². The first-order valence-electron chi connectivity index (χ1n) is 6.81. The third kappa shape index (κ3) is 4.30. The summed E-state index contributed by atoms with van der Waals surface area (Å²) in [5.74, 6) is 0.313. The lowest BCUT2D eigenvalue weighted by Gasteiger charge is -2.38. The number of urea groups is 1. The molecule has 5 nitrogen and oxygen atoms in total. The molecule has 0 bridgehead atoms. The first-order valence-corrected chi connectivity index (χ1v) is 8.20. The largest absolute Gasteiger partial charge is 0.481 e. The normalized spacial score (nSPS) is 18.1. The molecule has 1 heterocycles. The van der Waals surface area contributed by atoms with Crippen LogP contribution >= 0.6 is 11.8 Å². The SMILES string of the molecule is CCC1(C(=O)O)CCN(C(=O)NCCCSC)CC1. The summed E-state index contributed by atoms with van der Waals surface area (Å²) in [4.78, 5) is 24.9. The number of amides is 2. The number of carboxylic acid groups (broad SMARTS) is 1. The molecule has 1 aliphatic rings. The van der Waals surface area contributed by atoms with Gasteiger partial charge in [-0.1, -0.05) is 6.92 Å². The van der Waals surface area contributed by atoms with Crippen LogP contribution in [-0.4, -0.2) is 53.6 Å². The highest BCUT2D eigenvalue weighted by atomic mass is 32.2. The minimum Gasteiger partial charge on any atom is -0.481 e. The summed E-state index contributed by atoms with van der Waals surface area (Å²) >= 11 is 1.76. The van der Waals surface area contributed by atoms with Gasteiger partial charge in [-0.3, -0.25) is 4.79 Å². The number of piperidine rings is 1. The molecule has 0 radical (unpaired) electrons. The van der Waals surface area contributed by atoms with Gasteiger partial charge in [0.05, 0.1) is 5.41 Å². The van der Waals surface area contributed by atoms with Crippen molar-refractivity contribution in [1.82, 2.24) is 10.2 Å². The maximum Gasteiger partial charge on any atom is 0.317 e. The average Bonchev–Trinajstić information content (AvgIpc) is 2.43. The zero-order valence-corrected chi connectivity index (χ0v) is 12.6. The molecule has 1 aliphatic heterocycles. The Kier molecular flexibility index (Phi) is 6.48. The van der Waals surface area contributed by atoms with Gasteiger partial charge in [-0.25, -0.2) is 4.79 Å². The van der Waals surface area contributed by atoms with Crippen molar-refractivity contribution in [3.05, 3.63) is 0 Å². The summed E-state index contributed by atoms with van der Waals surface area (Å²) in [7, 11) is 0. The molecule has 0 aromatic carbocycles. The molecule has 19 heavy (non-hydrogen) atoms. The number of carbonyl (C=O) groups excluding carboxylic acids is 1. The van der Waals surface area contributed by atoms with Crippen LogP contribution in [0.2, 0.25) is 0 Å². The zero-order valence-electron chi connectivity index (χ0n) is 11.8. The highest BCUT2D eigenvalue weighted by Gasteiger charge is 2.40. The Morgan fingerprint density at radius 2 is 2.00 bits per heavy atom. The number of hydrogen-bond acceptors (Lipinski definition) is 3. The number of thioether (sulfide) groups is 1. The fraction of sp³-hybridized carbons (Fsp3) is 0.846. The van der Waals surface area contributed by atoms with E-state index in [1.807, 2.05) is 13.2 Å². The predicted molar refractivity (Wildman–Crippen MR) is 77.6 cm³/mol. The first kappa shape index (κ1) is 16.1. The summed E-state index contributed by atoms with van der Waals surface area (Å²) in [6.45, 7) is 3.67. The van der Waals surface area contributed by atoms with Crippen LogP contribution in [0.3, 0.4) is 0 Å². The molecule has 1 saturated heterocycles. The second kappa shape index (κ2) is 7.62. The Labute approximate surface area is 119 Å². The quantitative estimate of drug-likeness (QED) is 0.734. The van der Waals surface area contributed by atoms with Crippen LogP contribution in [0.25, 0.3) is 0 Å². The van der Waals surface area contributed by atoms with Crippen LogP contribution in [-0.2, 0) is 4.79 Å². The van der Waals surface area contributed by atoms with E-state index in [1.165, 1.54) is 0 Å². The Bertz CT molecular complexity index is 315. The van der Waals surface area contributed by atoms with E-state index in [1.54, 1.807) is 16.7 Å². The number of carboxylic acids is 1. The lowest BCUT2D eigenvalue weighted by molar-refractivity contribution is -0.151. The lowest BCUT2D eigenvalue weighted by atomic mass is 9.76. The van der Waals surface area contributed by atoms with Crippen LogP contribution in [0.5, 0.6) is 0 Å². The number of rotatable bonds is 6. The summed E-state index contributed by atoms with van der Waals surface area (Å²) in [5.41, 5.74) is -0.629. The Hall–Kier alpha value is -0.910. The minimum atomic E-state index is -0.727. The number of aliphatic carboxylic acids is 1. The van der Waals surface area contributed by atoms with Gasteiger partial charge in [0.15, 0.2) is 0 Å². The Balaban J connectivity index is 2.36. The topological polar surface area (TPSA) is 69.6 Å². The predicted octanol–water partition coefficient (Wildman–Crippen LogP) is 2.03. The van der Waals surface area contributed by atoms with Gasteiger partial charge in [-0.2, -0.15) is 11.8 Å². The molecule has 2 N–H and O–H groups in total. The van der Waals surface area contributed by atoms with E-state index >= 15 is 0 Å². The maximum atomic E-state index is 11.9. The molecule has 0 saturated carbocycles. The fourth-order valence-electron chi connectivity index (χ4n) is 2.38. The highest BCUT2D eigenvalue weighted by Crippen LogP contribution is 2.35. The van der Waals surface area contributed by atoms with E-state index < -0.39 is 11.4 Å². The molecule has 0 atom stereocenters. The number of nitrogens with zero attached hydrogens (tertiary/aromatic N) is 1. The summed E-state index contributed by atoms with van der Waals surface area (Å²) < 4.78 is 0. The summed E-state index contributed by atoms with van der Waals surface area (Å²) in [5, 5.41) is 12.2. The van der Waals surface area contributed by atoms with Crippen molar-refractivity contribution in [3.63, 3.8) is 0 Å². The van der Waals surface area contributed by atoms with E-state index in [0.717, 1.165) is 12.2 Å².